The zero-order valence-corrected chi connectivity index (χ0v) is 11.4. The molecule has 0 aromatic rings. The summed E-state index contributed by atoms with van der Waals surface area (Å²) in [5, 5.41) is 3.31. The quantitative estimate of drug-likeness (QED) is 0.643. The van der Waals surface area contributed by atoms with Crippen LogP contribution < -0.4 is 5.32 Å². The standard InChI is InChI=1S/C14H27NO/c1-6-14(16)13(10-11(2)3)8-7-9-15-12(4)5/h7-8,11-13,15H,6,9-10H2,1-5H3/b8-7+/t13-/m0/s1. The molecule has 94 valence electrons. The van der Waals surface area contributed by atoms with Crippen molar-refractivity contribution in [1.82, 2.24) is 5.32 Å². The van der Waals surface area contributed by atoms with Crippen LogP contribution >= 0.6 is 0 Å². The van der Waals surface area contributed by atoms with E-state index in [1.54, 1.807) is 0 Å². The fourth-order valence-electron chi connectivity index (χ4n) is 1.62. The number of carbonyl (C=O) groups excluding carboxylic acids is 1. The van der Waals surface area contributed by atoms with E-state index >= 15 is 0 Å². The topological polar surface area (TPSA) is 29.1 Å². The minimum absolute atomic E-state index is 0.110. The first-order valence-electron chi connectivity index (χ1n) is 6.40. The van der Waals surface area contributed by atoms with Gasteiger partial charge in [0.1, 0.15) is 5.78 Å². The second-order valence-electron chi connectivity index (χ2n) is 5.05. The highest BCUT2D eigenvalue weighted by Gasteiger charge is 2.14. The minimum Gasteiger partial charge on any atom is -0.311 e. The Labute approximate surface area is 101 Å². The van der Waals surface area contributed by atoms with Crippen LogP contribution in [0.1, 0.15) is 47.5 Å². The molecule has 2 nitrogen and oxygen atoms in total. The molecule has 0 saturated carbocycles. The van der Waals surface area contributed by atoms with Crippen molar-refractivity contribution >= 4 is 5.78 Å². The highest BCUT2D eigenvalue weighted by atomic mass is 16.1. The van der Waals surface area contributed by atoms with E-state index in [-0.39, 0.29) is 5.92 Å². The van der Waals surface area contributed by atoms with E-state index in [9.17, 15) is 4.79 Å². The molecule has 0 aliphatic heterocycles. The van der Waals surface area contributed by atoms with Crippen LogP contribution in [-0.4, -0.2) is 18.4 Å². The molecule has 0 aromatic carbocycles. The summed E-state index contributed by atoms with van der Waals surface area (Å²) in [6.07, 6.45) is 5.76. The Hall–Kier alpha value is -0.630. The maximum Gasteiger partial charge on any atom is 0.139 e. The predicted molar refractivity (Wildman–Crippen MR) is 70.5 cm³/mol. The lowest BCUT2D eigenvalue weighted by molar-refractivity contribution is -0.121. The van der Waals surface area contributed by atoms with Gasteiger partial charge in [0.2, 0.25) is 0 Å². The molecule has 0 aromatic heterocycles. The van der Waals surface area contributed by atoms with Crippen molar-refractivity contribution < 1.29 is 4.79 Å². The third-order valence-corrected chi connectivity index (χ3v) is 2.50. The van der Waals surface area contributed by atoms with Crippen LogP contribution in [0.3, 0.4) is 0 Å². The number of allylic oxidation sites excluding steroid dienone is 1. The van der Waals surface area contributed by atoms with Crippen molar-refractivity contribution in [1.29, 1.82) is 0 Å². The Morgan fingerprint density at radius 1 is 1.25 bits per heavy atom. The lowest BCUT2D eigenvalue weighted by Gasteiger charge is -2.13. The third-order valence-electron chi connectivity index (χ3n) is 2.50. The molecule has 0 aliphatic carbocycles. The number of ketones is 1. The maximum absolute atomic E-state index is 11.7. The third kappa shape index (κ3) is 7.63. The molecular weight excluding hydrogens is 198 g/mol. The number of hydrogen-bond acceptors (Lipinski definition) is 2. The molecule has 0 heterocycles. The van der Waals surface area contributed by atoms with E-state index in [0.29, 0.717) is 24.2 Å². The van der Waals surface area contributed by atoms with Crippen LogP contribution in [-0.2, 0) is 4.79 Å². The van der Waals surface area contributed by atoms with Crippen LogP contribution in [0.5, 0.6) is 0 Å². The summed E-state index contributed by atoms with van der Waals surface area (Å²) in [7, 11) is 0. The summed E-state index contributed by atoms with van der Waals surface area (Å²) < 4.78 is 0. The Morgan fingerprint density at radius 3 is 2.31 bits per heavy atom. The summed E-state index contributed by atoms with van der Waals surface area (Å²) in [6.45, 7) is 11.4. The lowest BCUT2D eigenvalue weighted by atomic mass is 9.91. The van der Waals surface area contributed by atoms with Gasteiger partial charge in [0.05, 0.1) is 0 Å². The van der Waals surface area contributed by atoms with Crippen LogP contribution in [0, 0.1) is 11.8 Å². The zero-order valence-electron chi connectivity index (χ0n) is 11.4. The first kappa shape index (κ1) is 15.4. The fraction of sp³-hybridized carbons (Fsp3) is 0.786. The summed E-state index contributed by atoms with van der Waals surface area (Å²) in [5.74, 6) is 1.04. The van der Waals surface area contributed by atoms with Crippen LogP contribution in [0.2, 0.25) is 0 Å². The van der Waals surface area contributed by atoms with E-state index in [2.05, 4.69) is 45.2 Å². The van der Waals surface area contributed by atoms with Crippen molar-refractivity contribution in [2.75, 3.05) is 6.54 Å². The molecule has 0 rings (SSSR count). The first-order valence-corrected chi connectivity index (χ1v) is 6.40. The SMILES string of the molecule is CCC(=O)[C@@H](/C=C/CNC(C)C)CC(C)C. The van der Waals surface area contributed by atoms with Gasteiger partial charge in [-0.1, -0.05) is 46.8 Å². The Kier molecular flexibility index (Phi) is 8.18. The molecule has 0 saturated heterocycles. The summed E-state index contributed by atoms with van der Waals surface area (Å²) in [6, 6.07) is 0.495. The summed E-state index contributed by atoms with van der Waals surface area (Å²) in [4.78, 5) is 11.7. The summed E-state index contributed by atoms with van der Waals surface area (Å²) >= 11 is 0. The summed E-state index contributed by atoms with van der Waals surface area (Å²) in [5.41, 5.74) is 0. The largest absolute Gasteiger partial charge is 0.311 e. The molecular formula is C14H27NO. The minimum atomic E-state index is 0.110. The first-order chi connectivity index (χ1) is 7.47. The van der Waals surface area contributed by atoms with Gasteiger partial charge in [0, 0.05) is 24.9 Å². The number of rotatable bonds is 8. The van der Waals surface area contributed by atoms with Crippen LogP contribution in [0.4, 0.5) is 0 Å². The van der Waals surface area contributed by atoms with Crippen LogP contribution in [0.25, 0.3) is 0 Å². The smallest absolute Gasteiger partial charge is 0.139 e. The second-order valence-corrected chi connectivity index (χ2v) is 5.05. The predicted octanol–water partition coefficient (Wildman–Crippen LogP) is 3.18. The lowest BCUT2D eigenvalue weighted by Crippen LogP contribution is -2.22. The fourth-order valence-corrected chi connectivity index (χ4v) is 1.62. The molecule has 0 fully saturated rings. The van der Waals surface area contributed by atoms with Crippen molar-refractivity contribution in [3.05, 3.63) is 12.2 Å². The number of nitrogens with one attached hydrogen (secondary N) is 1. The van der Waals surface area contributed by atoms with Gasteiger partial charge in [-0.3, -0.25) is 4.79 Å². The molecule has 1 atom stereocenters. The van der Waals surface area contributed by atoms with Gasteiger partial charge >= 0.3 is 0 Å². The Morgan fingerprint density at radius 2 is 1.88 bits per heavy atom. The molecule has 2 heteroatoms. The Balaban J connectivity index is 4.14. The molecule has 0 radical (unpaired) electrons. The van der Waals surface area contributed by atoms with Gasteiger partial charge in [0.25, 0.3) is 0 Å². The average Bonchev–Trinajstić information content (AvgIpc) is 2.20. The van der Waals surface area contributed by atoms with Gasteiger partial charge in [-0.2, -0.15) is 0 Å². The van der Waals surface area contributed by atoms with E-state index < -0.39 is 0 Å². The second kappa shape index (κ2) is 8.51. The van der Waals surface area contributed by atoms with E-state index in [0.717, 1.165) is 13.0 Å². The van der Waals surface area contributed by atoms with E-state index in [1.807, 2.05) is 6.92 Å². The van der Waals surface area contributed by atoms with E-state index in [1.165, 1.54) is 0 Å². The van der Waals surface area contributed by atoms with Crippen molar-refractivity contribution in [3.8, 4) is 0 Å². The highest BCUT2D eigenvalue weighted by Crippen LogP contribution is 2.15. The van der Waals surface area contributed by atoms with Gasteiger partial charge < -0.3 is 5.32 Å². The highest BCUT2D eigenvalue weighted by molar-refractivity contribution is 5.82. The maximum atomic E-state index is 11.7. The van der Waals surface area contributed by atoms with Crippen molar-refractivity contribution in [3.63, 3.8) is 0 Å². The molecule has 0 bridgehead atoms. The van der Waals surface area contributed by atoms with Crippen molar-refractivity contribution in [2.45, 2.75) is 53.5 Å². The van der Waals surface area contributed by atoms with Gasteiger partial charge in [0.15, 0.2) is 0 Å². The Bertz CT molecular complexity index is 219. The number of carbonyl (C=O) groups is 1. The van der Waals surface area contributed by atoms with E-state index in [4.69, 9.17) is 0 Å². The number of Topliss-reactive ketones (excluding diaryl/α,β-unsaturated/α-hetero) is 1. The molecule has 0 unspecified atom stereocenters. The van der Waals surface area contributed by atoms with Gasteiger partial charge in [-0.15, -0.1) is 0 Å². The molecule has 16 heavy (non-hydrogen) atoms. The normalized spacial score (nSPS) is 13.9. The van der Waals surface area contributed by atoms with Gasteiger partial charge in [-0.05, 0) is 12.3 Å². The number of hydrogen-bond donors (Lipinski definition) is 1. The zero-order chi connectivity index (χ0) is 12.6. The molecule has 0 aliphatic rings. The average molecular weight is 225 g/mol. The van der Waals surface area contributed by atoms with Crippen LogP contribution in [0.15, 0.2) is 12.2 Å². The molecule has 0 spiro atoms. The van der Waals surface area contributed by atoms with Gasteiger partial charge in [-0.25, -0.2) is 0 Å². The monoisotopic (exact) mass is 225 g/mol. The molecule has 1 N–H and O–H groups in total. The molecule has 0 amide bonds. The van der Waals surface area contributed by atoms with Crippen molar-refractivity contribution in [2.24, 2.45) is 11.8 Å².